The van der Waals surface area contributed by atoms with E-state index in [9.17, 15) is 18.0 Å². The number of hydrogen-bond donors (Lipinski definition) is 2. The van der Waals surface area contributed by atoms with E-state index in [2.05, 4.69) is 10.0 Å². The Morgan fingerprint density at radius 3 is 2.22 bits per heavy atom. The van der Waals surface area contributed by atoms with Crippen LogP contribution in [0.2, 0.25) is 0 Å². The summed E-state index contributed by atoms with van der Waals surface area (Å²) in [6, 6.07) is 13.0. The molecule has 2 aromatic carbocycles. The maximum atomic E-state index is 12.2. The van der Waals surface area contributed by atoms with Gasteiger partial charge in [0.15, 0.2) is 6.61 Å². The van der Waals surface area contributed by atoms with Crippen molar-refractivity contribution in [1.82, 2.24) is 4.72 Å². The Balaban J connectivity index is 1.51. The molecule has 0 unspecified atom stereocenters. The topological polar surface area (TPSA) is 111 Å². The van der Waals surface area contributed by atoms with Crippen LogP contribution in [0.4, 0.5) is 5.69 Å². The first-order valence-corrected chi connectivity index (χ1v) is 12.1. The van der Waals surface area contributed by atoms with Gasteiger partial charge in [0.25, 0.3) is 5.91 Å². The average Bonchev–Trinajstić information content (AvgIpc) is 3.59. The zero-order valence-corrected chi connectivity index (χ0v) is 19.0. The zero-order chi connectivity index (χ0) is 23.2. The molecule has 1 fully saturated rings. The lowest BCUT2D eigenvalue weighted by Crippen LogP contribution is -2.24. The molecule has 1 aliphatic carbocycles. The molecule has 0 heterocycles. The van der Waals surface area contributed by atoms with Crippen LogP contribution < -0.4 is 14.8 Å². The number of benzene rings is 2. The molecule has 1 aliphatic rings. The Morgan fingerprint density at radius 2 is 1.66 bits per heavy atom. The van der Waals surface area contributed by atoms with E-state index >= 15 is 0 Å². The minimum atomic E-state index is -3.54. The van der Waals surface area contributed by atoms with Crippen LogP contribution in [0.3, 0.4) is 0 Å². The molecule has 0 atom stereocenters. The highest BCUT2D eigenvalue weighted by Gasteiger charge is 2.52. The number of hydrogen-bond acceptors (Lipinski definition) is 6. The lowest BCUT2D eigenvalue weighted by atomic mass is 9.96. The number of sulfonamides is 1. The van der Waals surface area contributed by atoms with Crippen molar-refractivity contribution in [2.75, 3.05) is 25.1 Å². The van der Waals surface area contributed by atoms with E-state index in [0.29, 0.717) is 31.0 Å². The summed E-state index contributed by atoms with van der Waals surface area (Å²) in [6.07, 6.45) is 2.23. The molecule has 0 aromatic heterocycles. The highest BCUT2D eigenvalue weighted by atomic mass is 32.2. The van der Waals surface area contributed by atoms with Gasteiger partial charge in [0.1, 0.15) is 5.75 Å². The lowest BCUT2D eigenvalue weighted by molar-refractivity contribution is -0.146. The normalized spacial score (nSPS) is 14.4. The van der Waals surface area contributed by atoms with Crippen LogP contribution in [-0.4, -0.2) is 40.1 Å². The van der Waals surface area contributed by atoms with Crippen LogP contribution in [0, 0.1) is 0 Å². The fourth-order valence-electron chi connectivity index (χ4n) is 3.26. The van der Waals surface area contributed by atoms with Gasteiger partial charge in [-0.15, -0.1) is 0 Å². The van der Waals surface area contributed by atoms with E-state index in [-0.39, 0.29) is 23.4 Å². The van der Waals surface area contributed by atoms with E-state index in [0.717, 1.165) is 18.4 Å². The molecule has 172 valence electrons. The molecular weight excluding hydrogens is 432 g/mol. The fraction of sp³-hybridized carbons (Fsp3) is 0.391. The summed E-state index contributed by atoms with van der Waals surface area (Å²) in [5, 5.41) is 2.74. The minimum absolute atomic E-state index is 0.138. The van der Waals surface area contributed by atoms with Gasteiger partial charge in [-0.2, -0.15) is 0 Å². The summed E-state index contributed by atoms with van der Waals surface area (Å²) in [5.41, 5.74) is 0.923. The van der Waals surface area contributed by atoms with Crippen LogP contribution in [0.15, 0.2) is 53.4 Å². The van der Waals surface area contributed by atoms with Crippen LogP contribution in [0.5, 0.6) is 5.75 Å². The highest BCUT2D eigenvalue weighted by Crippen LogP contribution is 2.49. The van der Waals surface area contributed by atoms with Crippen molar-refractivity contribution in [3.63, 3.8) is 0 Å². The van der Waals surface area contributed by atoms with Crippen LogP contribution in [0.25, 0.3) is 0 Å². The Labute approximate surface area is 188 Å². The molecular formula is C23H28N2O6S. The first-order chi connectivity index (χ1) is 15.3. The molecule has 2 N–H and O–H groups in total. The number of ether oxygens (including phenoxy) is 2. The maximum Gasteiger partial charge on any atom is 0.316 e. The lowest BCUT2D eigenvalue weighted by Gasteiger charge is -2.15. The van der Waals surface area contributed by atoms with Gasteiger partial charge in [0.2, 0.25) is 10.0 Å². The monoisotopic (exact) mass is 460 g/mol. The van der Waals surface area contributed by atoms with Crippen LogP contribution in [0.1, 0.15) is 38.7 Å². The van der Waals surface area contributed by atoms with Crippen LogP contribution >= 0.6 is 0 Å². The second kappa shape index (κ2) is 10.1. The molecule has 0 radical (unpaired) electrons. The van der Waals surface area contributed by atoms with Crippen molar-refractivity contribution < 1.29 is 27.5 Å². The van der Waals surface area contributed by atoms with Gasteiger partial charge in [-0.25, -0.2) is 13.1 Å². The summed E-state index contributed by atoms with van der Waals surface area (Å²) in [5.74, 6) is -0.175. The van der Waals surface area contributed by atoms with E-state index < -0.39 is 15.4 Å². The Kier molecular flexibility index (Phi) is 7.52. The van der Waals surface area contributed by atoms with Crippen molar-refractivity contribution in [3.8, 4) is 5.75 Å². The number of anilines is 1. The first kappa shape index (κ1) is 23.7. The minimum Gasteiger partial charge on any atom is -0.484 e. The van der Waals surface area contributed by atoms with Crippen molar-refractivity contribution in [1.29, 1.82) is 0 Å². The maximum absolute atomic E-state index is 12.2. The van der Waals surface area contributed by atoms with E-state index in [4.69, 9.17) is 9.47 Å². The number of carbonyl (C=O) groups is 2. The zero-order valence-electron chi connectivity index (χ0n) is 18.2. The summed E-state index contributed by atoms with van der Waals surface area (Å²) in [6.45, 7) is 4.16. The number of nitrogens with one attached hydrogen (secondary N) is 2. The number of esters is 1. The fourth-order valence-corrected chi connectivity index (χ4v) is 4.39. The Morgan fingerprint density at radius 1 is 1.00 bits per heavy atom. The third kappa shape index (κ3) is 5.66. The van der Waals surface area contributed by atoms with Crippen LogP contribution in [-0.2, 0) is 29.8 Å². The largest absolute Gasteiger partial charge is 0.484 e. The standard InChI is InChI=1S/C23H28N2O6S/c1-3-15-24-32(28,29)20-11-9-19(10-12-20)31-16-21(26)25-18-7-5-17(6-8-18)23(13-14-23)22(27)30-4-2/h5-12,24H,3-4,13-16H2,1-2H3,(H,25,26). The summed E-state index contributed by atoms with van der Waals surface area (Å²) in [4.78, 5) is 24.5. The predicted octanol–water partition coefficient (Wildman–Crippen LogP) is 2.99. The molecule has 0 bridgehead atoms. The Bertz CT molecular complexity index is 1040. The smallest absolute Gasteiger partial charge is 0.316 e. The van der Waals surface area contributed by atoms with E-state index in [1.54, 1.807) is 19.1 Å². The molecule has 0 saturated heterocycles. The third-order valence-corrected chi connectivity index (χ3v) is 6.66. The molecule has 0 spiro atoms. The van der Waals surface area contributed by atoms with Gasteiger partial charge in [-0.3, -0.25) is 9.59 Å². The first-order valence-electron chi connectivity index (χ1n) is 10.6. The van der Waals surface area contributed by atoms with Gasteiger partial charge in [-0.1, -0.05) is 19.1 Å². The SMILES string of the molecule is CCCNS(=O)(=O)c1ccc(OCC(=O)Nc2ccc(C3(C(=O)OCC)CC3)cc2)cc1. The predicted molar refractivity (Wildman–Crippen MR) is 120 cm³/mol. The van der Waals surface area contributed by atoms with Crippen molar-refractivity contribution in [2.45, 2.75) is 43.4 Å². The van der Waals surface area contributed by atoms with E-state index in [1.165, 1.54) is 24.3 Å². The molecule has 32 heavy (non-hydrogen) atoms. The van der Waals surface area contributed by atoms with Gasteiger partial charge in [0.05, 0.1) is 16.9 Å². The van der Waals surface area contributed by atoms with E-state index in [1.807, 2.05) is 19.1 Å². The second-order valence-electron chi connectivity index (χ2n) is 7.59. The molecule has 8 nitrogen and oxygen atoms in total. The Hall–Kier alpha value is -2.91. The van der Waals surface area contributed by atoms with Crippen molar-refractivity contribution in [2.24, 2.45) is 0 Å². The molecule has 2 aromatic rings. The highest BCUT2D eigenvalue weighted by molar-refractivity contribution is 7.89. The van der Waals surface area contributed by atoms with Crippen molar-refractivity contribution >= 4 is 27.6 Å². The molecule has 1 amide bonds. The van der Waals surface area contributed by atoms with Crippen molar-refractivity contribution in [3.05, 3.63) is 54.1 Å². The quantitative estimate of drug-likeness (QED) is 0.499. The van der Waals surface area contributed by atoms with Gasteiger partial charge < -0.3 is 14.8 Å². The number of carbonyl (C=O) groups excluding carboxylic acids is 2. The molecule has 9 heteroatoms. The third-order valence-electron chi connectivity index (χ3n) is 5.18. The van der Waals surface area contributed by atoms with Gasteiger partial charge in [0, 0.05) is 12.2 Å². The molecule has 1 saturated carbocycles. The molecule has 3 rings (SSSR count). The second-order valence-corrected chi connectivity index (χ2v) is 9.35. The van der Waals surface area contributed by atoms with Gasteiger partial charge in [-0.05, 0) is 68.1 Å². The summed E-state index contributed by atoms with van der Waals surface area (Å²) >= 11 is 0. The summed E-state index contributed by atoms with van der Waals surface area (Å²) in [7, 11) is -3.54. The summed E-state index contributed by atoms with van der Waals surface area (Å²) < 4.78 is 37.3. The number of amides is 1. The molecule has 0 aliphatic heterocycles. The average molecular weight is 461 g/mol. The number of rotatable bonds is 11. The van der Waals surface area contributed by atoms with Gasteiger partial charge >= 0.3 is 5.97 Å².